The van der Waals surface area contributed by atoms with E-state index >= 15 is 0 Å². The highest BCUT2D eigenvalue weighted by Crippen LogP contribution is 2.21. The monoisotopic (exact) mass is 399 g/mol. The molecule has 0 aliphatic heterocycles. The largest absolute Gasteiger partial charge is 0.497 e. The van der Waals surface area contributed by atoms with Gasteiger partial charge in [0.1, 0.15) is 5.75 Å². The smallest absolute Gasteiger partial charge is 0.257 e. The highest BCUT2D eigenvalue weighted by molar-refractivity contribution is 6.10. The van der Waals surface area contributed by atoms with E-state index in [-0.39, 0.29) is 18.2 Å². The first-order chi connectivity index (χ1) is 14.6. The molecule has 6 heteroatoms. The van der Waals surface area contributed by atoms with Crippen molar-refractivity contribution >= 4 is 23.2 Å². The van der Waals surface area contributed by atoms with Gasteiger partial charge in [-0.15, -0.1) is 0 Å². The highest BCUT2D eigenvalue weighted by atomic mass is 16.5. The molecule has 0 saturated carbocycles. The van der Waals surface area contributed by atoms with Crippen molar-refractivity contribution in [3.63, 3.8) is 0 Å². The van der Waals surface area contributed by atoms with Crippen LogP contribution in [0.25, 0.3) is 0 Å². The summed E-state index contributed by atoms with van der Waals surface area (Å²) >= 11 is 0. The van der Waals surface area contributed by atoms with Crippen LogP contribution in [0, 0.1) is 11.3 Å². The second-order valence-corrected chi connectivity index (χ2v) is 6.59. The summed E-state index contributed by atoms with van der Waals surface area (Å²) in [7, 11) is 1.56. The van der Waals surface area contributed by atoms with Gasteiger partial charge in [-0.05, 0) is 48.4 Å². The lowest BCUT2D eigenvalue weighted by molar-refractivity contribution is -0.116. The third-order valence-corrected chi connectivity index (χ3v) is 4.50. The lowest BCUT2D eigenvalue weighted by atomic mass is 10.1. The molecule has 0 heterocycles. The number of hydrogen-bond donors (Lipinski definition) is 2. The van der Waals surface area contributed by atoms with E-state index < -0.39 is 0 Å². The van der Waals surface area contributed by atoms with E-state index in [4.69, 9.17) is 10.00 Å². The van der Waals surface area contributed by atoms with Crippen molar-refractivity contribution in [2.75, 3.05) is 17.7 Å². The topological polar surface area (TPSA) is 91.2 Å². The summed E-state index contributed by atoms with van der Waals surface area (Å²) in [6.07, 6.45) is 0.799. The van der Waals surface area contributed by atoms with Gasteiger partial charge in [0.25, 0.3) is 5.91 Å². The number of carbonyl (C=O) groups is 2. The minimum Gasteiger partial charge on any atom is -0.497 e. The molecule has 0 radical (unpaired) electrons. The van der Waals surface area contributed by atoms with Crippen molar-refractivity contribution in [3.8, 4) is 11.8 Å². The van der Waals surface area contributed by atoms with Crippen molar-refractivity contribution in [2.24, 2.45) is 0 Å². The second-order valence-electron chi connectivity index (χ2n) is 6.59. The summed E-state index contributed by atoms with van der Waals surface area (Å²) in [6, 6.07) is 23.1. The summed E-state index contributed by atoms with van der Waals surface area (Å²) in [5.41, 5.74) is 2.96. The van der Waals surface area contributed by atoms with Crippen LogP contribution in [0.2, 0.25) is 0 Å². The molecule has 0 bridgehead atoms. The van der Waals surface area contributed by atoms with Crippen LogP contribution < -0.4 is 15.4 Å². The Hall–Kier alpha value is -4.11. The molecule has 0 aliphatic rings. The molecule has 3 aromatic rings. The molecular formula is C24H21N3O3. The van der Waals surface area contributed by atoms with Crippen LogP contribution >= 0.6 is 0 Å². The number of aryl methyl sites for hydroxylation is 1. The molecule has 30 heavy (non-hydrogen) atoms. The zero-order valence-corrected chi connectivity index (χ0v) is 16.5. The fourth-order valence-corrected chi connectivity index (χ4v) is 2.91. The molecule has 3 aromatic carbocycles. The Morgan fingerprint density at radius 2 is 1.73 bits per heavy atom. The second kappa shape index (κ2) is 9.89. The van der Waals surface area contributed by atoms with E-state index in [0.717, 1.165) is 5.56 Å². The third kappa shape index (κ3) is 5.46. The van der Waals surface area contributed by atoms with Crippen molar-refractivity contribution in [1.29, 1.82) is 5.26 Å². The SMILES string of the molecule is COc1cccc(NC(=O)c2ccccc2NC(=O)CCc2ccc(C#N)cc2)c1. The Labute approximate surface area is 175 Å². The highest BCUT2D eigenvalue weighted by Gasteiger charge is 2.14. The molecule has 2 N–H and O–H groups in total. The number of carbonyl (C=O) groups excluding carboxylic acids is 2. The van der Waals surface area contributed by atoms with Gasteiger partial charge in [0, 0.05) is 18.2 Å². The van der Waals surface area contributed by atoms with Gasteiger partial charge in [-0.3, -0.25) is 9.59 Å². The zero-order chi connectivity index (χ0) is 21.3. The molecule has 6 nitrogen and oxygen atoms in total. The molecule has 150 valence electrons. The van der Waals surface area contributed by atoms with Gasteiger partial charge in [0.05, 0.1) is 30.0 Å². The molecule has 3 rings (SSSR count). The molecule has 0 unspecified atom stereocenters. The molecule has 2 amide bonds. The summed E-state index contributed by atoms with van der Waals surface area (Å²) in [5, 5.41) is 14.5. The van der Waals surface area contributed by atoms with Crippen LogP contribution in [0.15, 0.2) is 72.8 Å². The zero-order valence-electron chi connectivity index (χ0n) is 16.5. The first-order valence-corrected chi connectivity index (χ1v) is 9.42. The lowest BCUT2D eigenvalue weighted by Gasteiger charge is -2.12. The Morgan fingerprint density at radius 3 is 2.47 bits per heavy atom. The first-order valence-electron chi connectivity index (χ1n) is 9.42. The maximum atomic E-state index is 12.7. The van der Waals surface area contributed by atoms with Gasteiger partial charge >= 0.3 is 0 Å². The quantitative estimate of drug-likeness (QED) is 0.616. The number of benzene rings is 3. The number of amides is 2. The predicted molar refractivity (Wildman–Crippen MR) is 115 cm³/mol. The van der Waals surface area contributed by atoms with Crippen molar-refractivity contribution in [1.82, 2.24) is 0 Å². The number of nitrogens with zero attached hydrogens (tertiary/aromatic N) is 1. The first kappa shape index (κ1) is 20.6. The predicted octanol–water partition coefficient (Wildman–Crippen LogP) is 4.39. The Kier molecular flexibility index (Phi) is 6.80. The lowest BCUT2D eigenvalue weighted by Crippen LogP contribution is -2.18. The van der Waals surface area contributed by atoms with E-state index in [0.29, 0.717) is 34.7 Å². The summed E-state index contributed by atoms with van der Waals surface area (Å²) in [5.74, 6) is 0.115. The molecule has 0 aliphatic carbocycles. The van der Waals surface area contributed by atoms with Crippen molar-refractivity contribution in [3.05, 3.63) is 89.5 Å². The summed E-state index contributed by atoms with van der Waals surface area (Å²) in [6.45, 7) is 0. The minimum absolute atomic E-state index is 0.194. The average Bonchev–Trinajstić information content (AvgIpc) is 2.78. The fourth-order valence-electron chi connectivity index (χ4n) is 2.91. The number of nitriles is 1. The molecule has 0 spiro atoms. The molecular weight excluding hydrogens is 378 g/mol. The normalized spacial score (nSPS) is 10.0. The summed E-state index contributed by atoms with van der Waals surface area (Å²) < 4.78 is 5.17. The van der Waals surface area contributed by atoms with Crippen LogP contribution in [0.4, 0.5) is 11.4 Å². The van der Waals surface area contributed by atoms with Crippen LogP contribution in [0.1, 0.15) is 27.9 Å². The number of para-hydroxylation sites is 1. The van der Waals surface area contributed by atoms with E-state index in [2.05, 4.69) is 16.7 Å². The summed E-state index contributed by atoms with van der Waals surface area (Å²) in [4.78, 5) is 25.1. The third-order valence-electron chi connectivity index (χ3n) is 4.50. The van der Waals surface area contributed by atoms with Crippen LogP contribution in [-0.4, -0.2) is 18.9 Å². The standard InChI is InChI=1S/C24H21N3O3/c1-30-20-6-4-5-19(15-20)26-24(29)21-7-2-3-8-22(21)27-23(28)14-13-17-9-11-18(16-25)12-10-17/h2-12,15H,13-14H2,1H3,(H,26,29)(H,27,28). The Bertz CT molecular complexity index is 1090. The maximum absolute atomic E-state index is 12.7. The van der Waals surface area contributed by atoms with Gasteiger partial charge < -0.3 is 15.4 Å². The van der Waals surface area contributed by atoms with Gasteiger partial charge in [0.2, 0.25) is 5.91 Å². The van der Waals surface area contributed by atoms with E-state index in [1.165, 1.54) is 0 Å². The van der Waals surface area contributed by atoms with Gasteiger partial charge in [-0.25, -0.2) is 0 Å². The number of rotatable bonds is 7. The van der Waals surface area contributed by atoms with Gasteiger partial charge in [-0.2, -0.15) is 5.26 Å². The van der Waals surface area contributed by atoms with Crippen LogP contribution in [-0.2, 0) is 11.2 Å². The Balaban J connectivity index is 1.64. The van der Waals surface area contributed by atoms with Crippen LogP contribution in [0.5, 0.6) is 5.75 Å². The molecule has 0 aromatic heterocycles. The number of hydrogen-bond acceptors (Lipinski definition) is 4. The number of methoxy groups -OCH3 is 1. The molecule has 0 saturated heterocycles. The van der Waals surface area contributed by atoms with E-state index in [9.17, 15) is 9.59 Å². The van der Waals surface area contributed by atoms with Crippen molar-refractivity contribution < 1.29 is 14.3 Å². The Morgan fingerprint density at radius 1 is 0.967 bits per heavy atom. The number of nitrogens with one attached hydrogen (secondary N) is 2. The number of ether oxygens (including phenoxy) is 1. The van der Waals surface area contributed by atoms with E-state index in [1.54, 1.807) is 67.8 Å². The fraction of sp³-hybridized carbons (Fsp3) is 0.125. The van der Waals surface area contributed by atoms with Gasteiger partial charge in [-0.1, -0.05) is 30.3 Å². The van der Waals surface area contributed by atoms with E-state index in [1.807, 2.05) is 12.1 Å². The minimum atomic E-state index is -0.328. The maximum Gasteiger partial charge on any atom is 0.257 e. The van der Waals surface area contributed by atoms with Crippen molar-refractivity contribution in [2.45, 2.75) is 12.8 Å². The number of anilines is 2. The molecule has 0 fully saturated rings. The van der Waals surface area contributed by atoms with Crippen LogP contribution in [0.3, 0.4) is 0 Å². The van der Waals surface area contributed by atoms with Gasteiger partial charge in [0.15, 0.2) is 0 Å². The average molecular weight is 399 g/mol. The molecule has 0 atom stereocenters.